The first kappa shape index (κ1) is 11.4. The minimum Gasteiger partial charge on any atom is -0.356 e. The number of nitrogens with zero attached hydrogens (tertiary/aromatic N) is 3. The van der Waals surface area contributed by atoms with Crippen LogP contribution in [0, 0.1) is 5.82 Å². The van der Waals surface area contributed by atoms with Crippen molar-refractivity contribution in [2.75, 3.05) is 18.0 Å². The van der Waals surface area contributed by atoms with Crippen LogP contribution in [-0.4, -0.2) is 23.1 Å². The fraction of sp³-hybridized carbons (Fsp3) is 0.429. The van der Waals surface area contributed by atoms with Gasteiger partial charge in [0.25, 0.3) is 0 Å². The van der Waals surface area contributed by atoms with Crippen LogP contribution in [0.2, 0.25) is 0 Å². The zero-order valence-corrected chi connectivity index (χ0v) is 10.3. The Labute approximate surface area is 106 Å². The maximum atomic E-state index is 13.4. The molecular weight excluding hydrogens is 229 g/mol. The summed E-state index contributed by atoms with van der Waals surface area (Å²) in [6.45, 7) is 2.01. The first-order valence-electron chi connectivity index (χ1n) is 6.50. The van der Waals surface area contributed by atoms with Crippen molar-refractivity contribution in [2.45, 2.75) is 25.7 Å². The highest BCUT2D eigenvalue weighted by Gasteiger charge is 2.14. The molecule has 0 N–H and O–H groups in total. The average Bonchev–Trinajstić information content (AvgIpc) is 2.67. The van der Waals surface area contributed by atoms with Gasteiger partial charge in [0.2, 0.25) is 0 Å². The van der Waals surface area contributed by atoms with Gasteiger partial charge in [-0.05, 0) is 31.0 Å². The summed E-state index contributed by atoms with van der Waals surface area (Å²) in [6, 6.07) is 4.70. The molecule has 0 amide bonds. The van der Waals surface area contributed by atoms with Crippen molar-refractivity contribution in [1.82, 2.24) is 9.97 Å². The van der Waals surface area contributed by atoms with E-state index in [0.717, 1.165) is 29.8 Å². The summed E-state index contributed by atoms with van der Waals surface area (Å²) in [5.41, 5.74) is 0.811. The highest BCUT2D eigenvalue weighted by Crippen LogP contribution is 2.25. The summed E-state index contributed by atoms with van der Waals surface area (Å²) in [4.78, 5) is 10.8. The third kappa shape index (κ3) is 2.15. The van der Waals surface area contributed by atoms with Gasteiger partial charge < -0.3 is 4.90 Å². The highest BCUT2D eigenvalue weighted by atomic mass is 19.1. The van der Waals surface area contributed by atoms with Crippen LogP contribution < -0.4 is 4.90 Å². The van der Waals surface area contributed by atoms with Crippen molar-refractivity contribution >= 4 is 16.7 Å². The SMILES string of the molecule is Fc1ccc2ncnc(N3CCCCCC3)c2c1. The molecule has 18 heavy (non-hydrogen) atoms. The molecule has 1 aliphatic rings. The van der Waals surface area contributed by atoms with E-state index in [1.165, 1.54) is 37.8 Å². The Kier molecular flexibility index (Phi) is 3.09. The Hall–Kier alpha value is -1.71. The minimum absolute atomic E-state index is 0.228. The zero-order chi connectivity index (χ0) is 12.4. The van der Waals surface area contributed by atoms with Gasteiger partial charge in [0.05, 0.1) is 5.52 Å². The highest BCUT2D eigenvalue weighted by molar-refractivity contribution is 5.89. The number of hydrogen-bond acceptors (Lipinski definition) is 3. The molecule has 1 aliphatic heterocycles. The van der Waals surface area contributed by atoms with E-state index < -0.39 is 0 Å². The first-order chi connectivity index (χ1) is 8.84. The van der Waals surface area contributed by atoms with Crippen LogP contribution in [0.1, 0.15) is 25.7 Å². The van der Waals surface area contributed by atoms with Gasteiger partial charge in [0.15, 0.2) is 0 Å². The Bertz CT molecular complexity index is 548. The Morgan fingerprint density at radius 1 is 1.00 bits per heavy atom. The van der Waals surface area contributed by atoms with E-state index in [9.17, 15) is 4.39 Å². The maximum absolute atomic E-state index is 13.4. The summed E-state index contributed by atoms with van der Waals surface area (Å²) >= 11 is 0. The summed E-state index contributed by atoms with van der Waals surface area (Å²) in [5.74, 6) is 0.648. The minimum atomic E-state index is -0.228. The molecule has 1 aromatic carbocycles. The molecule has 3 nitrogen and oxygen atoms in total. The first-order valence-corrected chi connectivity index (χ1v) is 6.50. The molecule has 0 saturated carbocycles. The lowest BCUT2D eigenvalue weighted by atomic mass is 10.2. The van der Waals surface area contributed by atoms with E-state index in [1.54, 1.807) is 12.4 Å². The van der Waals surface area contributed by atoms with Crippen LogP contribution in [0.3, 0.4) is 0 Å². The Balaban J connectivity index is 2.06. The Morgan fingerprint density at radius 3 is 2.56 bits per heavy atom. The number of benzene rings is 1. The van der Waals surface area contributed by atoms with E-state index >= 15 is 0 Å². The topological polar surface area (TPSA) is 29.0 Å². The summed E-state index contributed by atoms with van der Waals surface area (Å²) in [7, 11) is 0. The summed E-state index contributed by atoms with van der Waals surface area (Å²) in [5, 5.41) is 0.819. The molecule has 4 heteroatoms. The maximum Gasteiger partial charge on any atom is 0.139 e. The second kappa shape index (κ2) is 4.88. The molecule has 94 valence electrons. The van der Waals surface area contributed by atoms with Crippen LogP contribution in [0.25, 0.3) is 10.9 Å². The second-order valence-corrected chi connectivity index (χ2v) is 4.76. The van der Waals surface area contributed by atoms with Crippen LogP contribution in [0.5, 0.6) is 0 Å². The molecule has 2 heterocycles. The van der Waals surface area contributed by atoms with Crippen molar-refractivity contribution < 1.29 is 4.39 Å². The van der Waals surface area contributed by atoms with Gasteiger partial charge in [0.1, 0.15) is 18.0 Å². The van der Waals surface area contributed by atoms with E-state index in [-0.39, 0.29) is 5.82 Å². The van der Waals surface area contributed by atoms with Crippen LogP contribution in [-0.2, 0) is 0 Å². The predicted octanol–water partition coefficient (Wildman–Crippen LogP) is 3.15. The molecule has 1 fully saturated rings. The van der Waals surface area contributed by atoms with E-state index in [1.807, 2.05) is 0 Å². The van der Waals surface area contributed by atoms with Crippen LogP contribution >= 0.6 is 0 Å². The number of anilines is 1. The van der Waals surface area contributed by atoms with Crippen molar-refractivity contribution in [1.29, 1.82) is 0 Å². The van der Waals surface area contributed by atoms with Crippen molar-refractivity contribution in [3.8, 4) is 0 Å². The van der Waals surface area contributed by atoms with Gasteiger partial charge in [-0.25, -0.2) is 14.4 Å². The van der Waals surface area contributed by atoms with Gasteiger partial charge >= 0.3 is 0 Å². The normalized spacial score (nSPS) is 16.8. The van der Waals surface area contributed by atoms with Crippen molar-refractivity contribution in [2.24, 2.45) is 0 Å². The van der Waals surface area contributed by atoms with E-state index in [2.05, 4.69) is 14.9 Å². The van der Waals surface area contributed by atoms with Crippen LogP contribution in [0.4, 0.5) is 10.2 Å². The molecule has 0 unspecified atom stereocenters. The fourth-order valence-corrected chi connectivity index (χ4v) is 2.55. The molecule has 0 radical (unpaired) electrons. The van der Waals surface area contributed by atoms with E-state index in [0.29, 0.717) is 0 Å². The second-order valence-electron chi connectivity index (χ2n) is 4.76. The van der Waals surface area contributed by atoms with Gasteiger partial charge in [-0.1, -0.05) is 12.8 Å². The van der Waals surface area contributed by atoms with E-state index in [4.69, 9.17) is 0 Å². The van der Waals surface area contributed by atoms with Gasteiger partial charge in [0, 0.05) is 18.5 Å². The molecule has 1 aromatic heterocycles. The lowest BCUT2D eigenvalue weighted by molar-refractivity contribution is 0.629. The third-order valence-corrected chi connectivity index (χ3v) is 3.48. The number of fused-ring (bicyclic) bond motifs is 1. The molecule has 0 atom stereocenters. The van der Waals surface area contributed by atoms with Gasteiger partial charge in [-0.2, -0.15) is 0 Å². The predicted molar refractivity (Wildman–Crippen MR) is 70.2 cm³/mol. The number of rotatable bonds is 1. The largest absolute Gasteiger partial charge is 0.356 e. The molecule has 0 spiro atoms. The summed E-state index contributed by atoms with van der Waals surface area (Å²) in [6.07, 6.45) is 6.48. The lowest BCUT2D eigenvalue weighted by Crippen LogP contribution is -2.25. The number of halogens is 1. The lowest BCUT2D eigenvalue weighted by Gasteiger charge is -2.22. The fourth-order valence-electron chi connectivity index (χ4n) is 2.55. The monoisotopic (exact) mass is 245 g/mol. The van der Waals surface area contributed by atoms with Crippen molar-refractivity contribution in [3.63, 3.8) is 0 Å². The van der Waals surface area contributed by atoms with Crippen molar-refractivity contribution in [3.05, 3.63) is 30.3 Å². The number of hydrogen-bond donors (Lipinski definition) is 0. The van der Waals surface area contributed by atoms with Gasteiger partial charge in [-0.3, -0.25) is 0 Å². The van der Waals surface area contributed by atoms with Gasteiger partial charge in [-0.15, -0.1) is 0 Å². The van der Waals surface area contributed by atoms with Crippen LogP contribution in [0.15, 0.2) is 24.5 Å². The molecule has 0 aliphatic carbocycles. The third-order valence-electron chi connectivity index (χ3n) is 3.48. The molecule has 0 bridgehead atoms. The smallest absolute Gasteiger partial charge is 0.139 e. The molecular formula is C14H16FN3. The molecule has 3 rings (SSSR count). The standard InChI is InChI=1S/C14H16FN3/c15-11-5-6-13-12(9-11)14(17-10-16-13)18-7-3-1-2-4-8-18/h5-6,9-10H,1-4,7-8H2. The quantitative estimate of drug-likeness (QED) is 0.772. The molecule has 2 aromatic rings. The molecule has 1 saturated heterocycles. The summed E-state index contributed by atoms with van der Waals surface area (Å²) < 4.78 is 13.4. The number of aromatic nitrogens is 2. The Morgan fingerprint density at radius 2 is 1.78 bits per heavy atom. The average molecular weight is 245 g/mol. The zero-order valence-electron chi connectivity index (χ0n) is 10.3.